The number of hydrogen-bond donors (Lipinski definition) is 0. The average molecular weight is 204 g/mol. The third-order valence-corrected chi connectivity index (χ3v) is 2.22. The smallest absolute Gasteiger partial charge is 0.226 e. The molecular formula is C7H6F6. The van der Waals surface area contributed by atoms with Crippen LogP contribution in [0.25, 0.3) is 0 Å². The Hall–Kier alpha value is -0.680. The van der Waals surface area contributed by atoms with Gasteiger partial charge in [-0.25, -0.2) is 13.2 Å². The number of alkyl halides is 6. The van der Waals surface area contributed by atoms with E-state index < -0.39 is 30.1 Å². The Kier molecular flexibility index (Phi) is 1.94. The highest BCUT2D eigenvalue weighted by Crippen LogP contribution is 2.61. The molecule has 0 saturated heterocycles. The second kappa shape index (κ2) is 2.42. The highest BCUT2D eigenvalue weighted by atomic mass is 19.4. The molecule has 2 atom stereocenters. The predicted octanol–water partition coefficient (Wildman–Crippen LogP) is 3.10. The van der Waals surface area contributed by atoms with Gasteiger partial charge in [0.25, 0.3) is 11.6 Å². The van der Waals surface area contributed by atoms with Crippen molar-refractivity contribution in [2.75, 3.05) is 0 Å². The maximum atomic E-state index is 12.9. The zero-order valence-electron chi connectivity index (χ0n) is 6.34. The normalized spacial score (nSPS) is 38.2. The summed E-state index contributed by atoms with van der Waals surface area (Å²) in [5, 5.41) is 0. The SMILES string of the molecule is C=CC1CC(F)(F)C1(F)C(F)(F)F. The van der Waals surface area contributed by atoms with Gasteiger partial charge in [-0.15, -0.1) is 6.58 Å². The monoisotopic (exact) mass is 204 g/mol. The van der Waals surface area contributed by atoms with E-state index in [-0.39, 0.29) is 0 Å². The lowest BCUT2D eigenvalue weighted by molar-refractivity contribution is -0.362. The van der Waals surface area contributed by atoms with Crippen LogP contribution in [0.4, 0.5) is 26.3 Å². The fourth-order valence-corrected chi connectivity index (χ4v) is 1.37. The van der Waals surface area contributed by atoms with Gasteiger partial charge < -0.3 is 0 Å². The topological polar surface area (TPSA) is 0 Å². The van der Waals surface area contributed by atoms with Crippen LogP contribution in [0, 0.1) is 5.92 Å². The van der Waals surface area contributed by atoms with Crippen LogP contribution in [-0.4, -0.2) is 17.8 Å². The molecule has 0 heterocycles. The number of allylic oxidation sites excluding steroid dienone is 1. The summed E-state index contributed by atoms with van der Waals surface area (Å²) in [6.07, 6.45) is -6.11. The lowest BCUT2D eigenvalue weighted by Gasteiger charge is -2.48. The fraction of sp³-hybridized carbons (Fsp3) is 0.714. The summed E-state index contributed by atoms with van der Waals surface area (Å²) in [7, 11) is 0. The van der Waals surface area contributed by atoms with Crippen molar-refractivity contribution in [1.82, 2.24) is 0 Å². The van der Waals surface area contributed by atoms with Crippen LogP contribution >= 0.6 is 0 Å². The van der Waals surface area contributed by atoms with Gasteiger partial charge in [0.05, 0.1) is 0 Å². The van der Waals surface area contributed by atoms with E-state index in [0.717, 1.165) is 0 Å². The second-order valence-corrected chi connectivity index (χ2v) is 2.96. The molecule has 1 fully saturated rings. The molecule has 1 aliphatic carbocycles. The molecule has 76 valence electrons. The van der Waals surface area contributed by atoms with E-state index in [2.05, 4.69) is 6.58 Å². The predicted molar refractivity (Wildman–Crippen MR) is 33.1 cm³/mol. The molecule has 0 N–H and O–H groups in total. The molecule has 0 aromatic carbocycles. The highest BCUT2D eigenvalue weighted by Gasteiger charge is 2.81. The van der Waals surface area contributed by atoms with Gasteiger partial charge in [0.1, 0.15) is 0 Å². The van der Waals surface area contributed by atoms with Crippen molar-refractivity contribution in [3.63, 3.8) is 0 Å². The first kappa shape index (κ1) is 10.4. The van der Waals surface area contributed by atoms with E-state index in [0.29, 0.717) is 6.08 Å². The molecule has 0 aromatic heterocycles. The molecule has 0 amide bonds. The van der Waals surface area contributed by atoms with E-state index in [1.165, 1.54) is 0 Å². The van der Waals surface area contributed by atoms with E-state index in [1.54, 1.807) is 0 Å². The van der Waals surface area contributed by atoms with Crippen LogP contribution in [0.15, 0.2) is 12.7 Å². The summed E-state index contributed by atoms with van der Waals surface area (Å²) in [6, 6.07) is 0. The van der Waals surface area contributed by atoms with Crippen molar-refractivity contribution in [2.45, 2.75) is 24.2 Å². The second-order valence-electron chi connectivity index (χ2n) is 2.96. The van der Waals surface area contributed by atoms with Crippen LogP contribution in [0.1, 0.15) is 6.42 Å². The molecule has 0 radical (unpaired) electrons. The Morgan fingerprint density at radius 3 is 1.85 bits per heavy atom. The van der Waals surface area contributed by atoms with Crippen LogP contribution in [0.2, 0.25) is 0 Å². The lowest BCUT2D eigenvalue weighted by atomic mass is 9.67. The largest absolute Gasteiger partial charge is 0.429 e. The van der Waals surface area contributed by atoms with Crippen molar-refractivity contribution in [3.8, 4) is 0 Å². The first-order valence-corrected chi connectivity index (χ1v) is 3.43. The maximum absolute atomic E-state index is 12.9. The first-order valence-electron chi connectivity index (χ1n) is 3.43. The first-order chi connectivity index (χ1) is 5.67. The molecule has 1 saturated carbocycles. The molecule has 6 heteroatoms. The van der Waals surface area contributed by atoms with Crippen molar-refractivity contribution < 1.29 is 26.3 Å². The van der Waals surface area contributed by atoms with Gasteiger partial charge in [0.15, 0.2) is 0 Å². The average Bonchev–Trinajstić information content (AvgIpc) is 1.96. The van der Waals surface area contributed by atoms with Crippen molar-refractivity contribution in [1.29, 1.82) is 0 Å². The van der Waals surface area contributed by atoms with Gasteiger partial charge in [0.2, 0.25) is 0 Å². The fourth-order valence-electron chi connectivity index (χ4n) is 1.37. The van der Waals surface area contributed by atoms with E-state index in [4.69, 9.17) is 0 Å². The molecular weight excluding hydrogens is 198 g/mol. The summed E-state index contributed by atoms with van der Waals surface area (Å²) < 4.78 is 73.4. The van der Waals surface area contributed by atoms with E-state index >= 15 is 0 Å². The minimum absolute atomic E-state index is 0.574. The summed E-state index contributed by atoms with van der Waals surface area (Å²) in [5.41, 5.74) is -4.43. The summed E-state index contributed by atoms with van der Waals surface area (Å²) in [5.74, 6) is -6.17. The Balaban J connectivity index is 3.03. The molecule has 2 unspecified atom stereocenters. The molecule has 0 aromatic rings. The van der Waals surface area contributed by atoms with Gasteiger partial charge in [-0.1, -0.05) is 6.08 Å². The van der Waals surface area contributed by atoms with Gasteiger partial charge in [-0.3, -0.25) is 0 Å². The highest BCUT2D eigenvalue weighted by molar-refractivity contribution is 5.18. The number of halogens is 6. The lowest BCUT2D eigenvalue weighted by Crippen LogP contribution is -2.68. The minimum Gasteiger partial charge on any atom is -0.226 e. The standard InChI is InChI=1S/C7H6F6/c1-2-4-3-5(8,9)6(4,10)7(11,12)13/h2,4H,1,3H2. The maximum Gasteiger partial charge on any atom is 0.429 e. The van der Waals surface area contributed by atoms with Crippen LogP contribution in [0.3, 0.4) is 0 Å². The van der Waals surface area contributed by atoms with Gasteiger partial charge >= 0.3 is 6.18 Å². The minimum atomic E-state index is -5.55. The van der Waals surface area contributed by atoms with Gasteiger partial charge in [0, 0.05) is 12.3 Å². The van der Waals surface area contributed by atoms with Crippen LogP contribution < -0.4 is 0 Å². The molecule has 0 spiro atoms. The molecule has 1 rings (SSSR count). The van der Waals surface area contributed by atoms with E-state index in [9.17, 15) is 26.3 Å². The Morgan fingerprint density at radius 2 is 1.69 bits per heavy atom. The summed E-state index contributed by atoms with van der Waals surface area (Å²) >= 11 is 0. The zero-order valence-corrected chi connectivity index (χ0v) is 6.34. The van der Waals surface area contributed by atoms with Gasteiger partial charge in [-0.05, 0) is 0 Å². The summed E-state index contributed by atoms with van der Waals surface area (Å²) in [4.78, 5) is 0. The summed E-state index contributed by atoms with van der Waals surface area (Å²) in [6.45, 7) is 2.88. The van der Waals surface area contributed by atoms with Crippen LogP contribution in [0.5, 0.6) is 0 Å². The van der Waals surface area contributed by atoms with Crippen molar-refractivity contribution in [3.05, 3.63) is 12.7 Å². The number of rotatable bonds is 1. The van der Waals surface area contributed by atoms with Crippen molar-refractivity contribution >= 4 is 0 Å². The molecule has 0 nitrogen and oxygen atoms in total. The molecule has 13 heavy (non-hydrogen) atoms. The Labute approximate surface area is 70.2 Å². The third-order valence-electron chi connectivity index (χ3n) is 2.22. The molecule has 0 aliphatic heterocycles. The van der Waals surface area contributed by atoms with Crippen molar-refractivity contribution in [2.24, 2.45) is 5.92 Å². The third kappa shape index (κ3) is 1.07. The molecule has 0 bridgehead atoms. The molecule has 1 aliphatic rings. The van der Waals surface area contributed by atoms with E-state index in [1.807, 2.05) is 0 Å². The Morgan fingerprint density at radius 1 is 1.23 bits per heavy atom. The number of hydrogen-bond acceptors (Lipinski definition) is 0. The van der Waals surface area contributed by atoms with Crippen LogP contribution in [-0.2, 0) is 0 Å². The Bertz CT molecular complexity index is 218. The van der Waals surface area contributed by atoms with Gasteiger partial charge in [-0.2, -0.15) is 13.2 Å². The quantitative estimate of drug-likeness (QED) is 0.454. The zero-order chi connectivity index (χ0) is 10.5.